The van der Waals surface area contributed by atoms with Crippen LogP contribution in [0.25, 0.3) is 6.08 Å². The molecule has 0 bridgehead atoms. The van der Waals surface area contributed by atoms with Crippen molar-refractivity contribution >= 4 is 64.6 Å². The van der Waals surface area contributed by atoms with Gasteiger partial charge in [-0.1, -0.05) is 42.2 Å². The van der Waals surface area contributed by atoms with Crippen LogP contribution in [0, 0.1) is 0 Å². The molecule has 14 heteroatoms. The summed E-state index contributed by atoms with van der Waals surface area (Å²) in [5.41, 5.74) is 5.06. The van der Waals surface area contributed by atoms with E-state index in [0.717, 1.165) is 34.9 Å². The molecule has 0 aliphatic carbocycles. The van der Waals surface area contributed by atoms with Crippen LogP contribution in [0.4, 0.5) is 13.2 Å². The fourth-order valence-corrected chi connectivity index (χ4v) is 4.45. The van der Waals surface area contributed by atoms with Crippen LogP contribution in [0.5, 0.6) is 11.5 Å². The van der Waals surface area contributed by atoms with E-state index < -0.39 is 42.2 Å². The highest BCUT2D eigenvalue weighted by Crippen LogP contribution is 2.39. The molecular formula is C23H20ClF3N2O6S2. The quantitative estimate of drug-likeness (QED) is 0.270. The molecule has 0 radical (unpaired) electrons. The Labute approximate surface area is 225 Å². The van der Waals surface area contributed by atoms with E-state index in [2.05, 4.69) is 4.74 Å². The molecule has 3 rings (SSSR count). The van der Waals surface area contributed by atoms with Crippen molar-refractivity contribution in [3.63, 3.8) is 0 Å². The number of alkyl halides is 3. The summed E-state index contributed by atoms with van der Waals surface area (Å²) in [6, 6.07) is 8.68. The molecule has 0 aromatic heterocycles. The average molecular weight is 577 g/mol. The van der Waals surface area contributed by atoms with Crippen molar-refractivity contribution < 1.29 is 42.1 Å². The number of nitrogens with two attached hydrogens (primary N) is 1. The van der Waals surface area contributed by atoms with Gasteiger partial charge in [-0.05, 0) is 47.9 Å². The lowest BCUT2D eigenvalue weighted by Crippen LogP contribution is -2.33. The molecule has 1 aliphatic rings. The van der Waals surface area contributed by atoms with Gasteiger partial charge in [-0.2, -0.15) is 13.2 Å². The summed E-state index contributed by atoms with van der Waals surface area (Å²) in [4.78, 5) is 35.5. The smallest absolute Gasteiger partial charge is 0.417 e. The number of benzene rings is 2. The predicted octanol–water partition coefficient (Wildman–Crippen LogP) is 4.25. The fourth-order valence-electron chi connectivity index (χ4n) is 3.20. The summed E-state index contributed by atoms with van der Waals surface area (Å²) in [6.07, 6.45) is -3.54. The highest BCUT2D eigenvalue weighted by atomic mass is 35.5. The number of hydrogen-bond acceptors (Lipinski definition) is 8. The molecule has 0 unspecified atom stereocenters. The monoisotopic (exact) mass is 576 g/mol. The molecule has 0 saturated carbocycles. The number of carbonyl (C=O) groups excluding carboxylic acids is 2. The van der Waals surface area contributed by atoms with Gasteiger partial charge in [0.25, 0.3) is 5.91 Å². The minimum Gasteiger partial charge on any atom is -0.480 e. The summed E-state index contributed by atoms with van der Waals surface area (Å²) in [6.45, 7) is -0.686. The normalized spacial score (nSPS) is 15.4. The zero-order valence-corrected chi connectivity index (χ0v) is 21.4. The van der Waals surface area contributed by atoms with E-state index >= 15 is 0 Å². The van der Waals surface area contributed by atoms with Crippen LogP contribution in [0.3, 0.4) is 0 Å². The maximum atomic E-state index is 13.8. The summed E-state index contributed by atoms with van der Waals surface area (Å²) in [5, 5.41) is 8.90. The number of carboxylic acid groups (broad SMARTS) is 1. The Morgan fingerprint density at radius 3 is 2.38 bits per heavy atom. The summed E-state index contributed by atoms with van der Waals surface area (Å²) < 4.78 is 51.4. The first-order chi connectivity index (χ1) is 16.9. The van der Waals surface area contributed by atoms with Gasteiger partial charge in [0.2, 0.25) is 0 Å². The van der Waals surface area contributed by atoms with Crippen LogP contribution in [0.15, 0.2) is 47.4 Å². The number of aliphatic carboxylic acids is 1. The molecule has 1 aliphatic heterocycles. The third kappa shape index (κ3) is 7.68. The largest absolute Gasteiger partial charge is 0.480 e. The van der Waals surface area contributed by atoms with Gasteiger partial charge >= 0.3 is 18.1 Å². The minimum absolute atomic E-state index is 0. The van der Waals surface area contributed by atoms with Crippen LogP contribution in [0.1, 0.15) is 16.7 Å². The van der Waals surface area contributed by atoms with Gasteiger partial charge in [-0.25, -0.2) is 0 Å². The summed E-state index contributed by atoms with van der Waals surface area (Å²) >= 11 is 5.69. The third-order valence-corrected chi connectivity index (χ3v) is 6.28. The van der Waals surface area contributed by atoms with Crippen LogP contribution < -0.4 is 10.5 Å². The van der Waals surface area contributed by atoms with E-state index in [0.29, 0.717) is 5.56 Å². The van der Waals surface area contributed by atoms with Crippen molar-refractivity contribution in [2.45, 2.75) is 18.6 Å². The molecule has 2 aromatic carbocycles. The van der Waals surface area contributed by atoms with E-state index in [9.17, 15) is 27.6 Å². The number of halogens is 4. The highest BCUT2D eigenvalue weighted by Gasteiger charge is 2.36. The molecule has 1 heterocycles. The van der Waals surface area contributed by atoms with Crippen LogP contribution in [-0.4, -0.2) is 51.9 Å². The maximum absolute atomic E-state index is 13.8. The Morgan fingerprint density at radius 1 is 1.19 bits per heavy atom. The number of methoxy groups -OCH3 is 1. The number of carbonyl (C=O) groups is 3. The van der Waals surface area contributed by atoms with E-state index in [-0.39, 0.29) is 45.1 Å². The molecule has 0 spiro atoms. The molecule has 1 saturated heterocycles. The number of thiocarbonyl (C=S) groups is 1. The Balaban J connectivity index is 0.00000481. The summed E-state index contributed by atoms with van der Waals surface area (Å²) in [5.74, 6) is -2.51. The molecule has 37 heavy (non-hydrogen) atoms. The van der Waals surface area contributed by atoms with Gasteiger partial charge in [-0.3, -0.25) is 19.3 Å². The number of hydrogen-bond donors (Lipinski definition) is 2. The van der Waals surface area contributed by atoms with Gasteiger partial charge in [0.15, 0.2) is 0 Å². The van der Waals surface area contributed by atoms with Crippen molar-refractivity contribution in [3.8, 4) is 11.5 Å². The first-order valence-electron chi connectivity index (χ1n) is 10.2. The fraction of sp³-hybridized carbons (Fsp3) is 0.217. The molecule has 2 aromatic rings. The first-order valence-corrected chi connectivity index (χ1v) is 11.4. The van der Waals surface area contributed by atoms with E-state index in [1.165, 1.54) is 25.3 Å². The number of amides is 1. The maximum Gasteiger partial charge on any atom is 0.417 e. The molecule has 1 fully saturated rings. The second kappa shape index (κ2) is 12.4. The second-order valence-corrected chi connectivity index (χ2v) is 9.16. The Bertz CT molecular complexity index is 1240. The number of esters is 1. The topological polar surface area (TPSA) is 119 Å². The summed E-state index contributed by atoms with van der Waals surface area (Å²) in [7, 11) is 1.23. The molecule has 1 atom stereocenters. The highest BCUT2D eigenvalue weighted by molar-refractivity contribution is 8.26. The number of carboxylic acids is 1. The van der Waals surface area contributed by atoms with Gasteiger partial charge in [-0.15, -0.1) is 12.4 Å². The molecule has 198 valence electrons. The Kier molecular flexibility index (Phi) is 10.1. The minimum atomic E-state index is -4.77. The van der Waals surface area contributed by atoms with Gasteiger partial charge < -0.3 is 20.3 Å². The van der Waals surface area contributed by atoms with Crippen LogP contribution in [0.2, 0.25) is 0 Å². The predicted molar refractivity (Wildman–Crippen MR) is 136 cm³/mol. The van der Waals surface area contributed by atoms with E-state index in [1.807, 2.05) is 0 Å². The lowest BCUT2D eigenvalue weighted by atomic mass is 10.1. The lowest BCUT2D eigenvalue weighted by molar-refractivity contribution is -0.142. The number of ether oxygens (including phenoxy) is 2. The van der Waals surface area contributed by atoms with Crippen molar-refractivity contribution in [1.82, 2.24) is 4.90 Å². The van der Waals surface area contributed by atoms with E-state index in [4.69, 9.17) is 27.8 Å². The molecule has 1 amide bonds. The number of nitrogens with zero attached hydrogens (tertiary/aromatic N) is 1. The Morgan fingerprint density at radius 2 is 1.81 bits per heavy atom. The van der Waals surface area contributed by atoms with Crippen molar-refractivity contribution in [1.29, 1.82) is 0 Å². The standard InChI is InChI=1S/C23H19F3N2O6S2.ClH/c1-33-21(32)17(27)8-12-2-5-14(6-3-12)34-15-7-4-13(16(10-15)23(24,25)26)9-18-20(31)28(11-19(29)30)22(35)36-18;/h2-7,9-10,17H,8,11,27H2,1H3,(H,29,30);1H/b18-9-;/t17-;/m0./s1. The average Bonchev–Trinajstić information content (AvgIpc) is 3.07. The first kappa shape index (κ1) is 30.1. The second-order valence-electron chi connectivity index (χ2n) is 7.49. The molecule has 3 N–H and O–H groups in total. The van der Waals surface area contributed by atoms with E-state index in [1.54, 1.807) is 12.1 Å². The van der Waals surface area contributed by atoms with Gasteiger partial charge in [0.05, 0.1) is 17.6 Å². The van der Waals surface area contributed by atoms with Crippen molar-refractivity contribution in [2.75, 3.05) is 13.7 Å². The van der Waals surface area contributed by atoms with Gasteiger partial charge in [0.1, 0.15) is 28.4 Å². The zero-order chi connectivity index (χ0) is 26.6. The molecular weight excluding hydrogens is 557 g/mol. The SMILES string of the molecule is COC(=O)[C@@H](N)Cc1ccc(Oc2ccc(/C=C3\SC(=S)N(CC(=O)O)C3=O)c(C(F)(F)F)c2)cc1.Cl. The van der Waals surface area contributed by atoms with Gasteiger partial charge in [0, 0.05) is 0 Å². The van der Waals surface area contributed by atoms with Crippen molar-refractivity contribution in [3.05, 3.63) is 64.1 Å². The molecule has 8 nitrogen and oxygen atoms in total. The Hall–Kier alpha value is -3.13. The van der Waals surface area contributed by atoms with Crippen LogP contribution >= 0.6 is 36.4 Å². The zero-order valence-electron chi connectivity index (χ0n) is 19.0. The lowest BCUT2D eigenvalue weighted by Gasteiger charge is -2.14. The van der Waals surface area contributed by atoms with Crippen LogP contribution in [-0.2, 0) is 31.7 Å². The number of thioether (sulfide) groups is 1. The third-order valence-electron chi connectivity index (χ3n) is 4.90. The van der Waals surface area contributed by atoms with Crippen molar-refractivity contribution in [2.24, 2.45) is 5.73 Å². The number of rotatable bonds is 8.